The smallest absolute Gasteiger partial charge is 0.270 e. The lowest BCUT2D eigenvalue weighted by atomic mass is 10.0. The summed E-state index contributed by atoms with van der Waals surface area (Å²) in [7, 11) is 0. The number of nitrogens with zero attached hydrogens (tertiary/aromatic N) is 2. The van der Waals surface area contributed by atoms with E-state index in [1.54, 1.807) is 12.3 Å². The number of nitrogens with one attached hydrogen (secondary N) is 1. The van der Waals surface area contributed by atoms with Crippen molar-refractivity contribution >= 4 is 11.6 Å². The van der Waals surface area contributed by atoms with Gasteiger partial charge in [-0.1, -0.05) is 19.4 Å². The van der Waals surface area contributed by atoms with Gasteiger partial charge < -0.3 is 10.4 Å². The summed E-state index contributed by atoms with van der Waals surface area (Å²) >= 11 is 0. The zero-order valence-corrected chi connectivity index (χ0v) is 13.6. The first-order valence-electron chi connectivity index (χ1n) is 7.94. The van der Waals surface area contributed by atoms with E-state index in [2.05, 4.69) is 17.2 Å². The number of hydrogen-bond donors (Lipinski definition) is 2. The number of carbonyl (C=O) groups excluding carboxylic acids is 1. The SMILES string of the molecule is CCCC(CCO)CNC(=O)c1cnc2ccc(C)cn2c1=O. The number of carbonyl (C=O) groups is 1. The van der Waals surface area contributed by atoms with Crippen LogP contribution in [0.4, 0.5) is 0 Å². The molecule has 2 aromatic heterocycles. The van der Waals surface area contributed by atoms with E-state index < -0.39 is 5.91 Å². The predicted octanol–water partition coefficient (Wildman–Crippen LogP) is 1.53. The van der Waals surface area contributed by atoms with E-state index in [0.29, 0.717) is 18.6 Å². The fourth-order valence-corrected chi connectivity index (χ4v) is 2.61. The highest BCUT2D eigenvalue weighted by atomic mass is 16.3. The first-order valence-corrected chi connectivity index (χ1v) is 7.94. The molecule has 1 atom stereocenters. The molecule has 0 bridgehead atoms. The van der Waals surface area contributed by atoms with Gasteiger partial charge in [-0.3, -0.25) is 14.0 Å². The summed E-state index contributed by atoms with van der Waals surface area (Å²) in [6.07, 6.45) is 5.55. The van der Waals surface area contributed by atoms with Gasteiger partial charge in [0.1, 0.15) is 11.2 Å². The van der Waals surface area contributed by atoms with Crippen molar-refractivity contribution < 1.29 is 9.90 Å². The van der Waals surface area contributed by atoms with Crippen molar-refractivity contribution in [3.8, 4) is 0 Å². The highest BCUT2D eigenvalue weighted by molar-refractivity contribution is 5.93. The van der Waals surface area contributed by atoms with Crippen molar-refractivity contribution in [3.05, 3.63) is 46.0 Å². The van der Waals surface area contributed by atoms with Crippen LogP contribution in [0, 0.1) is 12.8 Å². The van der Waals surface area contributed by atoms with Crippen molar-refractivity contribution in [3.63, 3.8) is 0 Å². The van der Waals surface area contributed by atoms with Crippen LogP contribution >= 0.6 is 0 Å². The molecule has 0 aliphatic rings. The standard InChI is InChI=1S/C17H23N3O3/c1-3-4-13(7-8-21)9-19-16(22)14-10-18-15-6-5-12(2)11-20(15)17(14)23/h5-6,10-11,13,21H,3-4,7-9H2,1-2H3,(H,19,22). The van der Waals surface area contributed by atoms with Crippen molar-refractivity contribution in [2.24, 2.45) is 5.92 Å². The average molecular weight is 317 g/mol. The van der Waals surface area contributed by atoms with E-state index in [1.165, 1.54) is 10.6 Å². The molecule has 6 heteroatoms. The van der Waals surface area contributed by atoms with Crippen LogP contribution in [0.3, 0.4) is 0 Å². The molecule has 2 rings (SSSR count). The van der Waals surface area contributed by atoms with Crippen LogP contribution < -0.4 is 10.9 Å². The summed E-state index contributed by atoms with van der Waals surface area (Å²) in [6, 6.07) is 3.61. The summed E-state index contributed by atoms with van der Waals surface area (Å²) in [5, 5.41) is 11.8. The Hall–Kier alpha value is -2.21. The Morgan fingerprint density at radius 1 is 1.39 bits per heavy atom. The second-order valence-electron chi connectivity index (χ2n) is 5.79. The second kappa shape index (κ2) is 7.87. The first-order chi connectivity index (χ1) is 11.1. The molecule has 0 fully saturated rings. The van der Waals surface area contributed by atoms with Gasteiger partial charge in [0.25, 0.3) is 11.5 Å². The maximum absolute atomic E-state index is 12.4. The van der Waals surface area contributed by atoms with Crippen LogP contribution in [-0.2, 0) is 0 Å². The van der Waals surface area contributed by atoms with Crippen molar-refractivity contribution in [1.29, 1.82) is 0 Å². The highest BCUT2D eigenvalue weighted by Crippen LogP contribution is 2.09. The Balaban J connectivity index is 2.17. The molecule has 2 heterocycles. The van der Waals surface area contributed by atoms with E-state index in [1.807, 2.05) is 13.0 Å². The second-order valence-corrected chi connectivity index (χ2v) is 5.79. The largest absolute Gasteiger partial charge is 0.396 e. The van der Waals surface area contributed by atoms with Crippen LogP contribution in [0.1, 0.15) is 42.1 Å². The molecular weight excluding hydrogens is 294 g/mol. The van der Waals surface area contributed by atoms with Crippen molar-refractivity contribution in [1.82, 2.24) is 14.7 Å². The van der Waals surface area contributed by atoms with Gasteiger partial charge in [0.15, 0.2) is 0 Å². The highest BCUT2D eigenvalue weighted by Gasteiger charge is 2.15. The number of pyridine rings is 1. The maximum atomic E-state index is 12.4. The minimum Gasteiger partial charge on any atom is -0.396 e. The predicted molar refractivity (Wildman–Crippen MR) is 88.6 cm³/mol. The van der Waals surface area contributed by atoms with Gasteiger partial charge >= 0.3 is 0 Å². The molecule has 1 amide bonds. The number of aliphatic hydroxyl groups excluding tert-OH is 1. The Bertz CT molecular complexity index is 733. The molecule has 124 valence electrons. The topological polar surface area (TPSA) is 83.7 Å². The molecule has 0 spiro atoms. The molecular formula is C17H23N3O3. The summed E-state index contributed by atoms with van der Waals surface area (Å²) in [6.45, 7) is 4.49. The normalized spacial score (nSPS) is 12.3. The van der Waals surface area contributed by atoms with E-state index in [0.717, 1.165) is 18.4 Å². The number of fused-ring (bicyclic) bond motifs is 1. The van der Waals surface area contributed by atoms with E-state index in [-0.39, 0.29) is 23.6 Å². The Labute approximate surface area is 135 Å². The fourth-order valence-electron chi connectivity index (χ4n) is 2.61. The zero-order chi connectivity index (χ0) is 16.8. The monoisotopic (exact) mass is 317 g/mol. The number of aliphatic hydroxyl groups is 1. The molecule has 1 unspecified atom stereocenters. The van der Waals surface area contributed by atoms with Gasteiger partial charge in [0.05, 0.1) is 0 Å². The molecule has 0 aliphatic heterocycles. The number of rotatable bonds is 7. The molecule has 0 saturated heterocycles. The molecule has 0 radical (unpaired) electrons. The molecule has 6 nitrogen and oxygen atoms in total. The van der Waals surface area contributed by atoms with Gasteiger partial charge in [0.2, 0.25) is 0 Å². The third-order valence-corrected chi connectivity index (χ3v) is 3.88. The molecule has 23 heavy (non-hydrogen) atoms. The van der Waals surface area contributed by atoms with E-state index in [9.17, 15) is 9.59 Å². The summed E-state index contributed by atoms with van der Waals surface area (Å²) in [5.74, 6) is -0.204. The third-order valence-electron chi connectivity index (χ3n) is 3.88. The molecule has 2 aromatic rings. The van der Waals surface area contributed by atoms with Gasteiger partial charge in [0, 0.05) is 25.5 Å². The number of hydrogen-bond acceptors (Lipinski definition) is 4. The Morgan fingerprint density at radius 3 is 2.87 bits per heavy atom. The van der Waals surface area contributed by atoms with Gasteiger partial charge in [-0.2, -0.15) is 0 Å². The summed E-state index contributed by atoms with van der Waals surface area (Å²) < 4.78 is 1.39. The quantitative estimate of drug-likeness (QED) is 0.811. The van der Waals surface area contributed by atoms with Gasteiger partial charge in [-0.15, -0.1) is 0 Å². The maximum Gasteiger partial charge on any atom is 0.270 e. The molecule has 0 saturated carbocycles. The Morgan fingerprint density at radius 2 is 2.17 bits per heavy atom. The van der Waals surface area contributed by atoms with Crippen LogP contribution in [0.5, 0.6) is 0 Å². The van der Waals surface area contributed by atoms with Crippen LogP contribution in [0.25, 0.3) is 5.65 Å². The van der Waals surface area contributed by atoms with Crippen LogP contribution in [0.15, 0.2) is 29.3 Å². The van der Waals surface area contributed by atoms with Crippen molar-refractivity contribution in [2.45, 2.75) is 33.1 Å². The van der Waals surface area contributed by atoms with Crippen molar-refractivity contribution in [2.75, 3.05) is 13.2 Å². The average Bonchev–Trinajstić information content (AvgIpc) is 2.53. The number of aromatic nitrogens is 2. The number of aryl methyl sites for hydroxylation is 1. The lowest BCUT2D eigenvalue weighted by Crippen LogP contribution is -2.34. The minimum absolute atomic E-state index is 0.0346. The molecule has 0 aliphatic carbocycles. The van der Waals surface area contributed by atoms with E-state index in [4.69, 9.17) is 5.11 Å². The first kappa shape index (κ1) is 17.1. The minimum atomic E-state index is -0.419. The molecule has 0 aromatic carbocycles. The lowest BCUT2D eigenvalue weighted by molar-refractivity contribution is 0.0941. The summed E-state index contributed by atoms with van der Waals surface area (Å²) in [4.78, 5) is 28.9. The van der Waals surface area contributed by atoms with Gasteiger partial charge in [-0.25, -0.2) is 4.98 Å². The van der Waals surface area contributed by atoms with Gasteiger partial charge in [-0.05, 0) is 37.3 Å². The lowest BCUT2D eigenvalue weighted by Gasteiger charge is -2.15. The van der Waals surface area contributed by atoms with Crippen LogP contribution in [-0.4, -0.2) is 33.6 Å². The third kappa shape index (κ3) is 4.16. The summed E-state index contributed by atoms with van der Waals surface area (Å²) in [5.41, 5.74) is 1.10. The number of amides is 1. The molecule has 2 N–H and O–H groups in total. The van der Waals surface area contributed by atoms with E-state index >= 15 is 0 Å². The van der Waals surface area contributed by atoms with Crippen LogP contribution in [0.2, 0.25) is 0 Å². The Kier molecular flexibility index (Phi) is 5.87. The fraction of sp³-hybridized carbons (Fsp3) is 0.471. The zero-order valence-electron chi connectivity index (χ0n) is 13.6.